The normalized spacial score (nSPS) is 34.7. The smallest absolute Gasteiger partial charge is 0.114 e. The van der Waals surface area contributed by atoms with Crippen LogP contribution in [0.2, 0.25) is 0 Å². The van der Waals surface area contributed by atoms with Gasteiger partial charge in [-0.2, -0.15) is 5.26 Å². The van der Waals surface area contributed by atoms with Gasteiger partial charge in [-0.05, 0) is 33.2 Å². The van der Waals surface area contributed by atoms with Crippen molar-refractivity contribution < 1.29 is 0 Å². The molecule has 0 aromatic rings. The lowest BCUT2D eigenvalue weighted by Gasteiger charge is -2.48. The molecule has 0 radical (unpaired) electrons. The third-order valence-electron chi connectivity index (χ3n) is 4.10. The van der Waals surface area contributed by atoms with Crippen molar-refractivity contribution in [3.05, 3.63) is 0 Å². The Labute approximate surface area is 104 Å². The Morgan fingerprint density at radius 3 is 2.88 bits per heavy atom. The van der Waals surface area contributed by atoms with Crippen molar-refractivity contribution in [3.63, 3.8) is 0 Å². The number of piperidine rings is 1. The third-order valence-corrected chi connectivity index (χ3v) is 4.10. The molecule has 0 aliphatic carbocycles. The predicted molar refractivity (Wildman–Crippen MR) is 68.5 cm³/mol. The van der Waals surface area contributed by atoms with Crippen LogP contribution in [0.15, 0.2) is 0 Å². The second kappa shape index (κ2) is 4.93. The lowest BCUT2D eigenvalue weighted by atomic mass is 9.95. The first-order chi connectivity index (χ1) is 8.02. The van der Waals surface area contributed by atoms with E-state index in [4.69, 9.17) is 11.0 Å². The molecule has 0 spiro atoms. The highest BCUT2D eigenvalue weighted by molar-refractivity contribution is 5.04. The average molecular weight is 236 g/mol. The molecule has 0 saturated carbocycles. The second-order valence-electron chi connectivity index (χ2n) is 5.95. The van der Waals surface area contributed by atoms with Gasteiger partial charge < -0.3 is 5.73 Å². The third kappa shape index (κ3) is 2.98. The monoisotopic (exact) mass is 236 g/mol. The molecule has 0 aromatic heterocycles. The standard InChI is InChI=1S/C13H24N4/c1-11-7-16-6-4-3-5-12(16)8-17(11)10-13(2,15)9-14/h11-12H,3-8,10,15H2,1-2H3. The molecule has 2 aliphatic heterocycles. The first kappa shape index (κ1) is 12.8. The van der Waals surface area contributed by atoms with Crippen molar-refractivity contribution >= 4 is 0 Å². The van der Waals surface area contributed by atoms with Gasteiger partial charge in [0, 0.05) is 31.7 Å². The summed E-state index contributed by atoms with van der Waals surface area (Å²) in [5.41, 5.74) is 5.24. The molecule has 4 nitrogen and oxygen atoms in total. The van der Waals surface area contributed by atoms with Gasteiger partial charge in [0.25, 0.3) is 0 Å². The maximum atomic E-state index is 9.03. The van der Waals surface area contributed by atoms with Crippen LogP contribution in [0, 0.1) is 11.3 Å². The maximum absolute atomic E-state index is 9.03. The molecule has 0 bridgehead atoms. The summed E-state index contributed by atoms with van der Waals surface area (Å²) in [6.07, 6.45) is 3.99. The van der Waals surface area contributed by atoms with E-state index in [1.165, 1.54) is 25.8 Å². The topological polar surface area (TPSA) is 56.3 Å². The summed E-state index contributed by atoms with van der Waals surface area (Å²) in [5, 5.41) is 9.03. The Hall–Kier alpha value is -0.630. The molecule has 3 unspecified atom stereocenters. The van der Waals surface area contributed by atoms with Gasteiger partial charge in [-0.25, -0.2) is 0 Å². The lowest BCUT2D eigenvalue weighted by molar-refractivity contribution is 0.00971. The minimum atomic E-state index is -0.717. The van der Waals surface area contributed by atoms with Crippen LogP contribution in [0.1, 0.15) is 33.1 Å². The molecule has 96 valence electrons. The number of nitrogens with two attached hydrogens (primary N) is 1. The SMILES string of the molecule is CC1CN2CCCCC2CN1CC(C)(N)C#N. The van der Waals surface area contributed by atoms with Crippen LogP contribution in [0.25, 0.3) is 0 Å². The first-order valence-corrected chi connectivity index (χ1v) is 6.70. The molecule has 2 saturated heterocycles. The maximum Gasteiger partial charge on any atom is 0.114 e. The van der Waals surface area contributed by atoms with Crippen LogP contribution in [0.5, 0.6) is 0 Å². The Balaban J connectivity index is 1.98. The highest BCUT2D eigenvalue weighted by atomic mass is 15.3. The Kier molecular flexibility index (Phi) is 3.72. The summed E-state index contributed by atoms with van der Waals surface area (Å²) in [6.45, 7) is 8.23. The number of nitriles is 1. The minimum absolute atomic E-state index is 0.514. The van der Waals surface area contributed by atoms with Crippen molar-refractivity contribution in [3.8, 4) is 6.07 Å². The van der Waals surface area contributed by atoms with Crippen molar-refractivity contribution in [2.24, 2.45) is 5.73 Å². The van der Waals surface area contributed by atoms with Gasteiger partial charge in [0.1, 0.15) is 5.54 Å². The van der Waals surface area contributed by atoms with E-state index in [1.54, 1.807) is 0 Å². The van der Waals surface area contributed by atoms with E-state index in [1.807, 2.05) is 6.92 Å². The number of hydrogen-bond acceptors (Lipinski definition) is 4. The van der Waals surface area contributed by atoms with E-state index in [9.17, 15) is 0 Å². The predicted octanol–water partition coefficient (Wildman–Crippen LogP) is 0.786. The number of hydrogen-bond donors (Lipinski definition) is 1. The van der Waals surface area contributed by atoms with Gasteiger partial charge in [0.2, 0.25) is 0 Å². The van der Waals surface area contributed by atoms with Crippen LogP contribution in [-0.2, 0) is 0 Å². The molecule has 17 heavy (non-hydrogen) atoms. The molecule has 2 rings (SSSR count). The Morgan fingerprint density at radius 1 is 1.41 bits per heavy atom. The summed E-state index contributed by atoms with van der Waals surface area (Å²) in [7, 11) is 0. The molecule has 0 amide bonds. The summed E-state index contributed by atoms with van der Waals surface area (Å²) >= 11 is 0. The van der Waals surface area contributed by atoms with Crippen LogP contribution >= 0.6 is 0 Å². The number of fused-ring (bicyclic) bond motifs is 1. The Morgan fingerprint density at radius 2 is 2.18 bits per heavy atom. The van der Waals surface area contributed by atoms with Gasteiger partial charge in [0.15, 0.2) is 0 Å². The fraction of sp³-hybridized carbons (Fsp3) is 0.923. The molecule has 2 heterocycles. The molecule has 0 aromatic carbocycles. The fourth-order valence-corrected chi connectivity index (χ4v) is 3.09. The lowest BCUT2D eigenvalue weighted by Crippen LogP contribution is -2.62. The molecule has 3 atom stereocenters. The van der Waals surface area contributed by atoms with Crippen molar-refractivity contribution in [2.45, 2.75) is 50.7 Å². The van der Waals surface area contributed by atoms with Gasteiger partial charge in [-0.1, -0.05) is 6.42 Å². The molecular formula is C13H24N4. The summed E-state index contributed by atoms with van der Waals surface area (Å²) in [5.74, 6) is 0. The van der Waals surface area contributed by atoms with Gasteiger partial charge in [-0.15, -0.1) is 0 Å². The highest BCUT2D eigenvalue weighted by Gasteiger charge is 2.35. The van der Waals surface area contributed by atoms with Gasteiger partial charge in [-0.3, -0.25) is 9.80 Å². The zero-order chi connectivity index (χ0) is 12.5. The van der Waals surface area contributed by atoms with E-state index in [0.29, 0.717) is 18.6 Å². The zero-order valence-electron chi connectivity index (χ0n) is 11.0. The quantitative estimate of drug-likeness (QED) is 0.770. The van der Waals surface area contributed by atoms with Crippen molar-refractivity contribution in [2.75, 3.05) is 26.2 Å². The van der Waals surface area contributed by atoms with E-state index < -0.39 is 5.54 Å². The van der Waals surface area contributed by atoms with Crippen molar-refractivity contribution in [1.82, 2.24) is 9.80 Å². The summed E-state index contributed by atoms with van der Waals surface area (Å²) in [4.78, 5) is 5.01. The van der Waals surface area contributed by atoms with Crippen LogP contribution < -0.4 is 5.73 Å². The molecular weight excluding hydrogens is 212 g/mol. The number of piperazine rings is 1. The van der Waals surface area contributed by atoms with Crippen LogP contribution in [0.3, 0.4) is 0 Å². The van der Waals surface area contributed by atoms with E-state index in [-0.39, 0.29) is 0 Å². The van der Waals surface area contributed by atoms with Gasteiger partial charge >= 0.3 is 0 Å². The van der Waals surface area contributed by atoms with Crippen molar-refractivity contribution in [1.29, 1.82) is 5.26 Å². The number of rotatable bonds is 2. The van der Waals surface area contributed by atoms with E-state index in [2.05, 4.69) is 22.8 Å². The summed E-state index contributed by atoms with van der Waals surface area (Å²) < 4.78 is 0. The molecule has 2 aliphatic rings. The minimum Gasteiger partial charge on any atom is -0.313 e. The summed E-state index contributed by atoms with van der Waals surface area (Å²) in [6, 6.07) is 3.41. The molecule has 4 heteroatoms. The highest BCUT2D eigenvalue weighted by Crippen LogP contribution is 2.24. The molecule has 2 N–H and O–H groups in total. The largest absolute Gasteiger partial charge is 0.313 e. The first-order valence-electron chi connectivity index (χ1n) is 6.70. The van der Waals surface area contributed by atoms with Crippen LogP contribution in [-0.4, -0.2) is 53.6 Å². The fourth-order valence-electron chi connectivity index (χ4n) is 3.09. The molecule has 2 fully saturated rings. The van der Waals surface area contributed by atoms with E-state index >= 15 is 0 Å². The second-order valence-corrected chi connectivity index (χ2v) is 5.95. The number of nitrogens with zero attached hydrogens (tertiary/aromatic N) is 3. The Bertz CT molecular complexity index is 307. The van der Waals surface area contributed by atoms with E-state index in [0.717, 1.165) is 13.1 Å². The van der Waals surface area contributed by atoms with Gasteiger partial charge in [0.05, 0.1) is 6.07 Å². The average Bonchev–Trinajstić information content (AvgIpc) is 2.30. The van der Waals surface area contributed by atoms with Crippen LogP contribution in [0.4, 0.5) is 0 Å². The zero-order valence-corrected chi connectivity index (χ0v) is 11.0.